The third-order valence-electron chi connectivity index (χ3n) is 5.88. The number of thioether (sulfide) groups is 2. The van der Waals surface area contributed by atoms with Crippen molar-refractivity contribution in [1.29, 1.82) is 0 Å². The molecular formula is C29H60O10S2Si2. The quantitative estimate of drug-likeness (QED) is 0.0486. The Hall–Kier alpha value is -0.166. The first-order valence-corrected chi connectivity index (χ1v) is 22.0. The van der Waals surface area contributed by atoms with Crippen LogP contribution in [-0.2, 0) is 45.6 Å². The van der Waals surface area contributed by atoms with Gasteiger partial charge in [-0.05, 0) is 65.9 Å². The van der Waals surface area contributed by atoms with E-state index in [1.165, 1.54) is 0 Å². The van der Waals surface area contributed by atoms with Gasteiger partial charge in [-0.1, -0.05) is 13.8 Å². The van der Waals surface area contributed by atoms with Crippen molar-refractivity contribution in [3.05, 3.63) is 0 Å². The molecule has 0 N–H and O–H groups in total. The minimum atomic E-state index is -2.61. The zero-order valence-electron chi connectivity index (χ0n) is 28.1. The highest BCUT2D eigenvalue weighted by Gasteiger charge is 2.40. The molecule has 0 radical (unpaired) electrons. The van der Waals surface area contributed by atoms with Gasteiger partial charge in [0.15, 0.2) is 0 Å². The lowest BCUT2D eigenvalue weighted by atomic mass is 9.96. The molecule has 0 bridgehead atoms. The Kier molecular flexibility index (Phi) is 25.9. The van der Waals surface area contributed by atoms with Gasteiger partial charge in [0.25, 0.3) is 0 Å². The topological polar surface area (TPSA) is 108 Å². The summed E-state index contributed by atoms with van der Waals surface area (Å²) in [4.78, 5) is 24.5. The summed E-state index contributed by atoms with van der Waals surface area (Å²) in [7, 11) is -5.22. The van der Waals surface area contributed by atoms with E-state index >= 15 is 0 Å². The highest BCUT2D eigenvalue weighted by atomic mass is 32.2. The van der Waals surface area contributed by atoms with Gasteiger partial charge in [-0.3, -0.25) is 9.59 Å². The molecule has 0 saturated heterocycles. The van der Waals surface area contributed by atoms with E-state index in [-0.39, 0.29) is 25.2 Å². The SMILES string of the molecule is CCO[Si](CCCSCCC(=O)OCC(C)(C)COC(=O)CCSCCC[Si](OCC)(OCC)OCC)(OCC)OCC. The Morgan fingerprint density at radius 2 is 0.837 bits per heavy atom. The third kappa shape index (κ3) is 21.3. The molecule has 0 aliphatic heterocycles. The molecule has 43 heavy (non-hydrogen) atoms. The maximum atomic E-state index is 12.3. The van der Waals surface area contributed by atoms with Crippen molar-refractivity contribution in [2.24, 2.45) is 5.41 Å². The van der Waals surface area contributed by atoms with Crippen LogP contribution in [0.15, 0.2) is 0 Å². The minimum absolute atomic E-state index is 0.203. The van der Waals surface area contributed by atoms with E-state index in [0.29, 0.717) is 64.0 Å². The normalized spacial score (nSPS) is 12.5. The summed E-state index contributed by atoms with van der Waals surface area (Å²) in [6, 6.07) is 1.54. The Balaban J connectivity index is 4.13. The molecule has 256 valence electrons. The molecule has 0 rings (SSSR count). The molecule has 0 aromatic carbocycles. The van der Waals surface area contributed by atoms with E-state index in [1.807, 2.05) is 55.4 Å². The standard InChI is InChI=1S/C29H60O10S2Si2/c1-9-34-42(35-10-2,36-11-3)23-15-19-40-21-17-27(30)32-25-29(7,8)26-33-28(31)18-22-41-20-16-24-43(37-12-4,38-13-5)39-14-6/h9-26H2,1-8H3. The summed E-state index contributed by atoms with van der Waals surface area (Å²) in [5, 5.41) is 0. The first kappa shape index (κ1) is 42.8. The number of hydrogen-bond acceptors (Lipinski definition) is 12. The van der Waals surface area contributed by atoms with Crippen LogP contribution in [0.4, 0.5) is 0 Å². The highest BCUT2D eigenvalue weighted by molar-refractivity contribution is 7.99. The number of hydrogen-bond donors (Lipinski definition) is 0. The van der Waals surface area contributed by atoms with Crippen LogP contribution in [0.3, 0.4) is 0 Å². The van der Waals surface area contributed by atoms with Gasteiger partial charge in [-0.2, -0.15) is 23.5 Å². The molecule has 14 heteroatoms. The first-order chi connectivity index (χ1) is 20.6. The molecule has 0 aromatic heterocycles. The van der Waals surface area contributed by atoms with Crippen LogP contribution in [0.25, 0.3) is 0 Å². The maximum absolute atomic E-state index is 12.3. The van der Waals surface area contributed by atoms with Crippen LogP contribution in [-0.4, -0.2) is 105 Å². The van der Waals surface area contributed by atoms with Crippen molar-refractivity contribution in [3.63, 3.8) is 0 Å². The largest absolute Gasteiger partial charge is 0.500 e. The molecule has 0 aromatic rings. The molecule has 0 heterocycles. The molecule has 0 atom stereocenters. The van der Waals surface area contributed by atoms with E-state index < -0.39 is 23.0 Å². The van der Waals surface area contributed by atoms with Crippen molar-refractivity contribution in [1.82, 2.24) is 0 Å². The summed E-state index contributed by atoms with van der Waals surface area (Å²) in [6.07, 6.45) is 2.49. The van der Waals surface area contributed by atoms with Gasteiger partial charge in [-0.15, -0.1) is 0 Å². The van der Waals surface area contributed by atoms with E-state index in [4.69, 9.17) is 36.0 Å². The lowest BCUT2D eigenvalue weighted by molar-refractivity contribution is -0.152. The van der Waals surface area contributed by atoms with Crippen LogP contribution in [0.1, 0.15) is 81.1 Å². The molecule has 0 fully saturated rings. The number of carbonyl (C=O) groups excluding carboxylic acids is 2. The average Bonchev–Trinajstić information content (AvgIpc) is 2.95. The molecular weight excluding hydrogens is 629 g/mol. The Bertz CT molecular complexity index is 629. The molecule has 0 spiro atoms. The fourth-order valence-corrected chi connectivity index (χ4v) is 11.5. The van der Waals surface area contributed by atoms with Gasteiger partial charge < -0.3 is 36.0 Å². The van der Waals surface area contributed by atoms with Crippen molar-refractivity contribution < 1.29 is 45.6 Å². The summed E-state index contributed by atoms with van der Waals surface area (Å²) in [5.41, 5.74) is -0.455. The maximum Gasteiger partial charge on any atom is 0.500 e. The molecule has 0 amide bonds. The summed E-state index contributed by atoms with van der Waals surface area (Å²) < 4.78 is 46.3. The predicted octanol–water partition coefficient (Wildman–Crippen LogP) is 6.22. The molecule has 0 aliphatic carbocycles. The lowest BCUT2D eigenvalue weighted by Gasteiger charge is -2.28. The number of esters is 2. The van der Waals surface area contributed by atoms with Gasteiger partial charge in [0, 0.05) is 68.7 Å². The van der Waals surface area contributed by atoms with Gasteiger partial charge in [0.1, 0.15) is 0 Å². The minimum Gasteiger partial charge on any atom is -0.465 e. The van der Waals surface area contributed by atoms with Crippen molar-refractivity contribution in [2.45, 2.75) is 93.2 Å². The predicted molar refractivity (Wildman–Crippen MR) is 180 cm³/mol. The Morgan fingerprint density at radius 3 is 1.12 bits per heavy atom. The van der Waals surface area contributed by atoms with Crippen LogP contribution < -0.4 is 0 Å². The fraction of sp³-hybridized carbons (Fsp3) is 0.931. The molecule has 0 unspecified atom stereocenters. The van der Waals surface area contributed by atoms with Crippen LogP contribution >= 0.6 is 23.5 Å². The zero-order valence-corrected chi connectivity index (χ0v) is 31.8. The fourth-order valence-electron chi connectivity index (χ4n) is 4.04. The lowest BCUT2D eigenvalue weighted by Crippen LogP contribution is -2.46. The highest BCUT2D eigenvalue weighted by Crippen LogP contribution is 2.22. The second-order valence-corrected chi connectivity index (χ2v) is 18.3. The first-order valence-electron chi connectivity index (χ1n) is 15.9. The molecule has 10 nitrogen and oxygen atoms in total. The number of ether oxygens (including phenoxy) is 2. The van der Waals surface area contributed by atoms with Crippen molar-refractivity contribution in [2.75, 3.05) is 75.9 Å². The monoisotopic (exact) mass is 688 g/mol. The summed E-state index contributed by atoms with van der Waals surface area (Å²) >= 11 is 3.42. The van der Waals surface area contributed by atoms with Gasteiger partial charge >= 0.3 is 29.5 Å². The number of carbonyl (C=O) groups is 2. The van der Waals surface area contributed by atoms with Gasteiger partial charge in [0.05, 0.1) is 26.1 Å². The van der Waals surface area contributed by atoms with Crippen LogP contribution in [0.2, 0.25) is 12.1 Å². The zero-order chi connectivity index (χ0) is 32.5. The van der Waals surface area contributed by atoms with Gasteiger partial charge in [0.2, 0.25) is 0 Å². The second kappa shape index (κ2) is 26.0. The summed E-state index contributed by atoms with van der Waals surface area (Å²) in [6.45, 7) is 19.4. The van der Waals surface area contributed by atoms with E-state index in [2.05, 4.69) is 0 Å². The average molecular weight is 689 g/mol. The van der Waals surface area contributed by atoms with Crippen molar-refractivity contribution >= 4 is 53.1 Å². The van der Waals surface area contributed by atoms with E-state index in [9.17, 15) is 9.59 Å². The summed E-state index contributed by atoms with van der Waals surface area (Å²) in [5.74, 6) is 2.68. The van der Waals surface area contributed by atoms with Gasteiger partial charge in [-0.25, -0.2) is 0 Å². The Labute approximate surface area is 272 Å². The second-order valence-electron chi connectivity index (χ2n) is 10.4. The number of rotatable bonds is 30. The third-order valence-corrected chi connectivity index (χ3v) is 14.3. The smallest absolute Gasteiger partial charge is 0.465 e. The van der Waals surface area contributed by atoms with E-state index in [1.54, 1.807) is 23.5 Å². The van der Waals surface area contributed by atoms with Crippen LogP contribution in [0, 0.1) is 5.41 Å². The van der Waals surface area contributed by atoms with Crippen LogP contribution in [0.5, 0.6) is 0 Å². The van der Waals surface area contributed by atoms with Crippen molar-refractivity contribution in [3.8, 4) is 0 Å². The molecule has 0 saturated carbocycles. The Morgan fingerprint density at radius 1 is 0.535 bits per heavy atom. The van der Waals surface area contributed by atoms with E-state index in [0.717, 1.165) is 36.4 Å². The molecule has 0 aliphatic rings.